The van der Waals surface area contributed by atoms with Gasteiger partial charge in [0.1, 0.15) is 0 Å². The lowest BCUT2D eigenvalue weighted by atomic mass is 10.0. The van der Waals surface area contributed by atoms with Crippen LogP contribution < -0.4 is 5.73 Å². The molecule has 0 aliphatic heterocycles. The predicted octanol–water partition coefficient (Wildman–Crippen LogP) is 2.89. The molecule has 0 unspecified atom stereocenters. The number of carbonyl (C=O) groups excluding carboxylic acids is 1. The monoisotopic (exact) mass is 237 g/mol. The van der Waals surface area contributed by atoms with Gasteiger partial charge >= 0.3 is 0 Å². The molecule has 0 amide bonds. The first-order valence-electron chi connectivity index (χ1n) is 5.87. The Morgan fingerprint density at radius 2 is 1.56 bits per heavy atom. The molecule has 0 bridgehead atoms. The smallest absolute Gasteiger partial charge is 0.193 e. The van der Waals surface area contributed by atoms with Gasteiger partial charge in [0.15, 0.2) is 5.78 Å². The Bertz CT molecular complexity index is 541. The summed E-state index contributed by atoms with van der Waals surface area (Å²) >= 11 is 0. The third-order valence-electron chi connectivity index (χ3n) is 2.66. The van der Waals surface area contributed by atoms with Gasteiger partial charge in [0.25, 0.3) is 0 Å². The van der Waals surface area contributed by atoms with Crippen LogP contribution in [0.4, 0.5) is 0 Å². The summed E-state index contributed by atoms with van der Waals surface area (Å²) in [6.45, 7) is 0.519. The second-order valence-electron chi connectivity index (χ2n) is 3.96. The number of carbonyl (C=O) groups is 1. The molecular formula is C16H15NO. The van der Waals surface area contributed by atoms with E-state index < -0.39 is 0 Å². The largest absolute Gasteiger partial charge is 0.327 e. The molecule has 0 atom stereocenters. The van der Waals surface area contributed by atoms with Crippen molar-refractivity contribution in [1.29, 1.82) is 0 Å². The Balaban J connectivity index is 2.20. The van der Waals surface area contributed by atoms with Gasteiger partial charge in [0.2, 0.25) is 0 Å². The van der Waals surface area contributed by atoms with E-state index in [-0.39, 0.29) is 5.78 Å². The minimum Gasteiger partial charge on any atom is -0.327 e. The van der Waals surface area contributed by atoms with Gasteiger partial charge in [0.05, 0.1) is 0 Å². The highest BCUT2D eigenvalue weighted by molar-refractivity contribution is 6.09. The molecule has 2 rings (SSSR count). The number of benzene rings is 2. The van der Waals surface area contributed by atoms with Crippen LogP contribution in [0.15, 0.2) is 60.7 Å². The lowest BCUT2D eigenvalue weighted by Gasteiger charge is -2.01. The standard InChI is InChI=1S/C16H15NO/c17-12-4-5-13-8-10-15(11-9-13)16(18)14-6-2-1-3-7-14/h1-11H,12,17H2. The summed E-state index contributed by atoms with van der Waals surface area (Å²) in [5.41, 5.74) is 7.85. The van der Waals surface area contributed by atoms with Crippen molar-refractivity contribution >= 4 is 11.9 Å². The van der Waals surface area contributed by atoms with Gasteiger partial charge in [-0.3, -0.25) is 4.79 Å². The molecule has 2 aromatic rings. The van der Waals surface area contributed by atoms with E-state index in [0.29, 0.717) is 17.7 Å². The first-order valence-corrected chi connectivity index (χ1v) is 5.87. The Morgan fingerprint density at radius 3 is 2.17 bits per heavy atom. The van der Waals surface area contributed by atoms with Crippen LogP contribution in [0.3, 0.4) is 0 Å². The molecule has 0 aromatic heterocycles. The van der Waals surface area contributed by atoms with Crippen molar-refractivity contribution < 1.29 is 4.79 Å². The SMILES string of the molecule is NCC=Cc1ccc(C(=O)c2ccccc2)cc1. The molecule has 0 saturated heterocycles. The molecule has 0 spiro atoms. The minimum atomic E-state index is 0.0463. The molecule has 0 heterocycles. The van der Waals surface area contributed by atoms with Gasteiger partial charge in [-0.2, -0.15) is 0 Å². The van der Waals surface area contributed by atoms with E-state index in [4.69, 9.17) is 5.73 Å². The fraction of sp³-hybridized carbons (Fsp3) is 0.0625. The average Bonchev–Trinajstić information content (AvgIpc) is 2.46. The summed E-state index contributed by atoms with van der Waals surface area (Å²) in [5.74, 6) is 0.0463. The van der Waals surface area contributed by atoms with Crippen molar-refractivity contribution in [3.05, 3.63) is 77.4 Å². The van der Waals surface area contributed by atoms with Gasteiger partial charge in [-0.25, -0.2) is 0 Å². The first-order chi connectivity index (χ1) is 8.81. The molecule has 2 heteroatoms. The quantitative estimate of drug-likeness (QED) is 0.831. The van der Waals surface area contributed by atoms with Gasteiger partial charge in [0, 0.05) is 17.7 Å². The van der Waals surface area contributed by atoms with E-state index in [1.54, 1.807) is 0 Å². The van der Waals surface area contributed by atoms with E-state index >= 15 is 0 Å². The lowest BCUT2D eigenvalue weighted by Crippen LogP contribution is -2.00. The Hall–Kier alpha value is -2.19. The highest BCUT2D eigenvalue weighted by Crippen LogP contribution is 2.11. The van der Waals surface area contributed by atoms with E-state index in [2.05, 4.69) is 0 Å². The molecule has 0 aliphatic rings. The van der Waals surface area contributed by atoms with Crippen molar-refractivity contribution in [2.45, 2.75) is 0 Å². The second kappa shape index (κ2) is 5.94. The van der Waals surface area contributed by atoms with Gasteiger partial charge in [-0.15, -0.1) is 0 Å². The molecule has 0 radical (unpaired) electrons. The van der Waals surface area contributed by atoms with E-state index in [9.17, 15) is 4.79 Å². The third kappa shape index (κ3) is 2.93. The maximum Gasteiger partial charge on any atom is 0.193 e. The van der Waals surface area contributed by atoms with Gasteiger partial charge in [-0.05, 0) is 5.56 Å². The molecule has 0 fully saturated rings. The highest BCUT2D eigenvalue weighted by Gasteiger charge is 2.07. The molecule has 2 nitrogen and oxygen atoms in total. The van der Waals surface area contributed by atoms with Crippen molar-refractivity contribution in [2.75, 3.05) is 6.54 Å². The zero-order chi connectivity index (χ0) is 12.8. The topological polar surface area (TPSA) is 43.1 Å². The number of hydrogen-bond acceptors (Lipinski definition) is 2. The molecule has 18 heavy (non-hydrogen) atoms. The summed E-state index contributed by atoms with van der Waals surface area (Å²) in [7, 11) is 0. The van der Waals surface area contributed by atoms with Crippen LogP contribution in [0.25, 0.3) is 6.08 Å². The molecule has 0 saturated carbocycles. The Morgan fingerprint density at radius 1 is 0.944 bits per heavy atom. The summed E-state index contributed by atoms with van der Waals surface area (Å²) in [4.78, 5) is 12.1. The van der Waals surface area contributed by atoms with Gasteiger partial charge in [-0.1, -0.05) is 66.7 Å². The number of nitrogens with two attached hydrogens (primary N) is 1. The van der Waals surface area contributed by atoms with Crippen molar-refractivity contribution in [3.8, 4) is 0 Å². The van der Waals surface area contributed by atoms with Crippen LogP contribution in [-0.2, 0) is 0 Å². The zero-order valence-corrected chi connectivity index (χ0v) is 10.0. The van der Waals surface area contributed by atoms with Crippen LogP contribution in [0, 0.1) is 0 Å². The summed E-state index contributed by atoms with van der Waals surface area (Å²) < 4.78 is 0. The van der Waals surface area contributed by atoms with E-state index in [0.717, 1.165) is 5.56 Å². The summed E-state index contributed by atoms with van der Waals surface area (Å²) in [5, 5.41) is 0. The number of rotatable bonds is 4. The molecule has 90 valence electrons. The van der Waals surface area contributed by atoms with Crippen LogP contribution in [0.1, 0.15) is 21.5 Å². The maximum absolute atomic E-state index is 12.1. The van der Waals surface area contributed by atoms with Crippen LogP contribution in [0.2, 0.25) is 0 Å². The average molecular weight is 237 g/mol. The molecular weight excluding hydrogens is 222 g/mol. The first kappa shape index (κ1) is 12.3. The Kier molecular flexibility index (Phi) is 4.05. The second-order valence-corrected chi connectivity index (χ2v) is 3.96. The Labute approximate surface area is 107 Å². The van der Waals surface area contributed by atoms with Crippen molar-refractivity contribution in [2.24, 2.45) is 5.73 Å². The minimum absolute atomic E-state index is 0.0463. The van der Waals surface area contributed by atoms with Crippen LogP contribution in [-0.4, -0.2) is 12.3 Å². The molecule has 2 N–H and O–H groups in total. The summed E-state index contributed by atoms with van der Waals surface area (Å²) in [6, 6.07) is 16.8. The van der Waals surface area contributed by atoms with Crippen LogP contribution in [0.5, 0.6) is 0 Å². The highest BCUT2D eigenvalue weighted by atomic mass is 16.1. The van der Waals surface area contributed by atoms with E-state index in [1.165, 1.54) is 0 Å². The predicted molar refractivity (Wildman–Crippen MR) is 74.4 cm³/mol. The third-order valence-corrected chi connectivity index (χ3v) is 2.66. The summed E-state index contributed by atoms with van der Waals surface area (Å²) in [6.07, 6.45) is 3.82. The number of hydrogen-bond donors (Lipinski definition) is 1. The van der Waals surface area contributed by atoms with Crippen molar-refractivity contribution in [3.63, 3.8) is 0 Å². The van der Waals surface area contributed by atoms with E-state index in [1.807, 2.05) is 66.7 Å². The molecule has 2 aromatic carbocycles. The fourth-order valence-electron chi connectivity index (χ4n) is 1.71. The maximum atomic E-state index is 12.1. The fourth-order valence-corrected chi connectivity index (χ4v) is 1.71. The number of ketones is 1. The van der Waals surface area contributed by atoms with Crippen molar-refractivity contribution in [1.82, 2.24) is 0 Å². The lowest BCUT2D eigenvalue weighted by molar-refractivity contribution is 0.103. The normalized spacial score (nSPS) is 10.7. The van der Waals surface area contributed by atoms with Gasteiger partial charge < -0.3 is 5.73 Å². The molecule has 0 aliphatic carbocycles. The zero-order valence-electron chi connectivity index (χ0n) is 10.0. The van der Waals surface area contributed by atoms with Crippen LogP contribution >= 0.6 is 0 Å².